The maximum absolute atomic E-state index is 10.7. The van der Waals surface area contributed by atoms with E-state index in [1.165, 1.54) is 5.56 Å². The SMILES string of the molecule is Cc1cc(C=O)ccc1NOc1cccc2c1N=CCC2. The van der Waals surface area contributed by atoms with Crippen LogP contribution in [0.4, 0.5) is 11.4 Å². The zero-order chi connectivity index (χ0) is 14.7. The number of carbonyl (C=O) groups is 1. The third kappa shape index (κ3) is 2.79. The molecule has 0 saturated heterocycles. The molecule has 0 bridgehead atoms. The Hall–Kier alpha value is -2.62. The van der Waals surface area contributed by atoms with Crippen molar-refractivity contribution in [1.82, 2.24) is 0 Å². The highest BCUT2D eigenvalue weighted by Crippen LogP contribution is 2.34. The highest BCUT2D eigenvalue weighted by molar-refractivity contribution is 5.77. The molecule has 0 fully saturated rings. The molecule has 0 atom stereocenters. The van der Waals surface area contributed by atoms with Crippen LogP contribution in [0, 0.1) is 6.92 Å². The number of nitrogens with one attached hydrogen (secondary N) is 1. The van der Waals surface area contributed by atoms with Gasteiger partial charge in [0.15, 0.2) is 5.75 Å². The minimum atomic E-state index is 0.653. The van der Waals surface area contributed by atoms with Gasteiger partial charge in [0, 0.05) is 11.8 Å². The van der Waals surface area contributed by atoms with Crippen LogP contribution in [0.5, 0.6) is 5.75 Å². The van der Waals surface area contributed by atoms with Crippen LogP contribution in [0.1, 0.15) is 27.9 Å². The Morgan fingerprint density at radius 1 is 1.29 bits per heavy atom. The largest absolute Gasteiger partial charge is 0.380 e. The number of aliphatic imine (C=N–C) groups is 1. The van der Waals surface area contributed by atoms with Crippen molar-refractivity contribution in [3.05, 3.63) is 53.1 Å². The fraction of sp³-hybridized carbons (Fsp3) is 0.176. The summed E-state index contributed by atoms with van der Waals surface area (Å²) >= 11 is 0. The molecule has 21 heavy (non-hydrogen) atoms. The molecule has 2 aromatic rings. The second-order valence-corrected chi connectivity index (χ2v) is 5.01. The van der Waals surface area contributed by atoms with Crippen molar-refractivity contribution < 1.29 is 9.63 Å². The summed E-state index contributed by atoms with van der Waals surface area (Å²) in [6.45, 7) is 1.93. The van der Waals surface area contributed by atoms with Crippen LogP contribution < -0.4 is 10.3 Å². The van der Waals surface area contributed by atoms with Crippen molar-refractivity contribution in [3.63, 3.8) is 0 Å². The van der Waals surface area contributed by atoms with E-state index in [2.05, 4.69) is 16.5 Å². The van der Waals surface area contributed by atoms with E-state index in [0.29, 0.717) is 11.3 Å². The van der Waals surface area contributed by atoms with Gasteiger partial charge in [0.25, 0.3) is 0 Å². The molecule has 1 aliphatic heterocycles. The van der Waals surface area contributed by atoms with E-state index in [9.17, 15) is 4.79 Å². The molecule has 1 heterocycles. The molecule has 106 valence electrons. The van der Waals surface area contributed by atoms with E-state index in [-0.39, 0.29) is 0 Å². The summed E-state index contributed by atoms with van der Waals surface area (Å²) in [7, 11) is 0. The average Bonchev–Trinajstić information content (AvgIpc) is 2.53. The molecule has 1 N–H and O–H groups in total. The second kappa shape index (κ2) is 5.79. The summed E-state index contributed by atoms with van der Waals surface area (Å²) in [6, 6.07) is 11.3. The van der Waals surface area contributed by atoms with Gasteiger partial charge in [0.1, 0.15) is 12.0 Å². The second-order valence-electron chi connectivity index (χ2n) is 5.01. The molecule has 3 rings (SSSR count). The number of benzene rings is 2. The Morgan fingerprint density at radius 3 is 3.00 bits per heavy atom. The van der Waals surface area contributed by atoms with Crippen molar-refractivity contribution in [2.75, 3.05) is 5.48 Å². The predicted molar refractivity (Wildman–Crippen MR) is 83.7 cm³/mol. The monoisotopic (exact) mass is 280 g/mol. The van der Waals surface area contributed by atoms with E-state index in [1.807, 2.05) is 37.4 Å². The number of hydrogen-bond donors (Lipinski definition) is 1. The van der Waals surface area contributed by atoms with Gasteiger partial charge in [-0.25, -0.2) is 5.48 Å². The Kier molecular flexibility index (Phi) is 3.69. The number of para-hydroxylation sites is 1. The van der Waals surface area contributed by atoms with Gasteiger partial charge in [-0.3, -0.25) is 9.79 Å². The maximum atomic E-state index is 10.7. The molecular formula is C17H16N2O2. The normalized spacial score (nSPS) is 12.6. The highest BCUT2D eigenvalue weighted by Gasteiger charge is 2.12. The van der Waals surface area contributed by atoms with Crippen molar-refractivity contribution in [2.24, 2.45) is 4.99 Å². The van der Waals surface area contributed by atoms with E-state index in [1.54, 1.807) is 6.07 Å². The van der Waals surface area contributed by atoms with Gasteiger partial charge in [-0.1, -0.05) is 12.1 Å². The number of fused-ring (bicyclic) bond motifs is 1. The Balaban J connectivity index is 1.80. The number of hydrogen-bond acceptors (Lipinski definition) is 4. The van der Waals surface area contributed by atoms with Crippen molar-refractivity contribution in [3.8, 4) is 5.75 Å². The molecule has 4 nitrogen and oxygen atoms in total. The number of aryl methyl sites for hydroxylation is 2. The number of carbonyl (C=O) groups excluding carboxylic acids is 1. The summed E-state index contributed by atoms with van der Waals surface area (Å²) < 4.78 is 0. The number of anilines is 1. The molecule has 2 aromatic carbocycles. The summed E-state index contributed by atoms with van der Waals surface area (Å²) in [4.78, 5) is 20.9. The van der Waals surface area contributed by atoms with Crippen LogP contribution in [-0.2, 0) is 6.42 Å². The lowest BCUT2D eigenvalue weighted by atomic mass is 10.1. The lowest BCUT2D eigenvalue weighted by Crippen LogP contribution is -2.07. The fourth-order valence-corrected chi connectivity index (χ4v) is 2.36. The first-order valence-corrected chi connectivity index (χ1v) is 6.91. The molecule has 4 heteroatoms. The Labute approximate surface area is 123 Å². The topological polar surface area (TPSA) is 50.7 Å². The number of aldehydes is 1. The Morgan fingerprint density at radius 2 is 2.19 bits per heavy atom. The maximum Gasteiger partial charge on any atom is 0.180 e. The standard InChI is InChI=1S/C17H16N2O2/c1-12-10-13(11-20)7-8-15(12)19-21-16-6-2-4-14-5-3-9-18-17(14)16/h2,4,6-11,19H,3,5H2,1H3. The molecule has 0 unspecified atom stereocenters. The van der Waals surface area contributed by atoms with Gasteiger partial charge in [0.2, 0.25) is 0 Å². The first kappa shape index (κ1) is 13.4. The van der Waals surface area contributed by atoms with Crippen LogP contribution in [0.3, 0.4) is 0 Å². The van der Waals surface area contributed by atoms with Crippen LogP contribution in [-0.4, -0.2) is 12.5 Å². The van der Waals surface area contributed by atoms with Gasteiger partial charge >= 0.3 is 0 Å². The van der Waals surface area contributed by atoms with Crippen LogP contribution >= 0.6 is 0 Å². The molecular weight excluding hydrogens is 264 g/mol. The summed E-state index contributed by atoms with van der Waals surface area (Å²) in [5, 5.41) is 0. The van der Waals surface area contributed by atoms with Gasteiger partial charge in [0.05, 0.1) is 5.69 Å². The minimum Gasteiger partial charge on any atom is -0.380 e. The smallest absolute Gasteiger partial charge is 0.180 e. The lowest BCUT2D eigenvalue weighted by Gasteiger charge is -2.16. The van der Waals surface area contributed by atoms with Crippen LogP contribution in [0.25, 0.3) is 0 Å². The van der Waals surface area contributed by atoms with Gasteiger partial charge in [-0.15, -0.1) is 0 Å². The Bertz CT molecular complexity index is 708. The summed E-state index contributed by atoms with van der Waals surface area (Å²) in [6.07, 6.45) is 4.71. The fourth-order valence-electron chi connectivity index (χ4n) is 2.36. The zero-order valence-electron chi connectivity index (χ0n) is 11.8. The van der Waals surface area contributed by atoms with Gasteiger partial charge < -0.3 is 4.84 Å². The zero-order valence-corrected chi connectivity index (χ0v) is 11.8. The van der Waals surface area contributed by atoms with Crippen molar-refractivity contribution in [2.45, 2.75) is 19.8 Å². The third-order valence-corrected chi connectivity index (χ3v) is 3.50. The van der Waals surface area contributed by atoms with Gasteiger partial charge in [-0.05, 0) is 55.2 Å². The molecule has 1 aliphatic rings. The molecule has 0 spiro atoms. The van der Waals surface area contributed by atoms with E-state index < -0.39 is 0 Å². The van der Waals surface area contributed by atoms with E-state index in [4.69, 9.17) is 4.84 Å². The van der Waals surface area contributed by atoms with E-state index in [0.717, 1.165) is 36.1 Å². The quantitative estimate of drug-likeness (QED) is 0.683. The number of rotatable bonds is 4. The first-order chi connectivity index (χ1) is 10.3. The molecule has 0 aliphatic carbocycles. The van der Waals surface area contributed by atoms with E-state index >= 15 is 0 Å². The average molecular weight is 280 g/mol. The van der Waals surface area contributed by atoms with Crippen LogP contribution in [0.2, 0.25) is 0 Å². The molecule has 0 saturated carbocycles. The summed E-state index contributed by atoms with van der Waals surface area (Å²) in [5.41, 5.74) is 7.46. The van der Waals surface area contributed by atoms with Gasteiger partial charge in [-0.2, -0.15) is 0 Å². The first-order valence-electron chi connectivity index (χ1n) is 6.91. The third-order valence-electron chi connectivity index (χ3n) is 3.50. The molecule has 0 aromatic heterocycles. The number of nitrogens with zero attached hydrogens (tertiary/aromatic N) is 1. The van der Waals surface area contributed by atoms with Crippen molar-refractivity contribution >= 4 is 23.9 Å². The highest BCUT2D eigenvalue weighted by atomic mass is 16.6. The summed E-state index contributed by atoms with van der Waals surface area (Å²) in [5.74, 6) is 0.710. The lowest BCUT2D eigenvalue weighted by molar-refractivity contribution is 0.112. The van der Waals surface area contributed by atoms with Crippen molar-refractivity contribution in [1.29, 1.82) is 0 Å². The van der Waals surface area contributed by atoms with Crippen LogP contribution in [0.15, 0.2) is 41.4 Å². The molecule has 0 radical (unpaired) electrons. The minimum absolute atomic E-state index is 0.653. The molecule has 0 amide bonds. The predicted octanol–water partition coefficient (Wildman–Crippen LogP) is 3.86.